The average molecular weight is 442 g/mol. The molecular weight excluding hydrogens is 422 g/mol. The Morgan fingerprint density at radius 2 is 1.77 bits per heavy atom. The number of nitrogens with zero attached hydrogens (tertiary/aromatic N) is 1. The second-order valence-electron chi connectivity index (χ2n) is 7.05. The molecule has 8 heteroatoms. The molecule has 1 aliphatic rings. The van der Waals surface area contributed by atoms with E-state index in [1.165, 1.54) is 4.31 Å². The number of hydrogen-bond donors (Lipinski definition) is 2. The maximum absolute atomic E-state index is 13.0. The quantitative estimate of drug-likeness (QED) is 0.595. The number of benzene rings is 3. The Balaban J connectivity index is 1.51. The number of carbonyl (C=O) groups excluding carboxylic acids is 1. The zero-order valence-corrected chi connectivity index (χ0v) is 17.8. The second-order valence-corrected chi connectivity index (χ2v) is 9.32. The van der Waals surface area contributed by atoms with Crippen molar-refractivity contribution in [3.8, 4) is 0 Å². The molecule has 0 radical (unpaired) electrons. The molecule has 0 fully saturated rings. The first kappa shape index (κ1) is 20.3. The Hall–Kier alpha value is -3.03. The highest BCUT2D eigenvalue weighted by atomic mass is 35.5. The van der Waals surface area contributed by atoms with E-state index in [1.54, 1.807) is 60.7 Å². The number of nitrogens with one attached hydrogen (secondary N) is 2. The molecule has 0 saturated carbocycles. The normalized spacial score (nSPS) is 13.1. The van der Waals surface area contributed by atoms with Crippen LogP contribution >= 0.6 is 11.6 Å². The van der Waals surface area contributed by atoms with Crippen LogP contribution in [0.2, 0.25) is 5.02 Å². The number of amides is 2. The summed E-state index contributed by atoms with van der Waals surface area (Å²) in [4.78, 5) is 12.6. The number of sulfonamides is 1. The van der Waals surface area contributed by atoms with Crippen LogP contribution in [0.15, 0.2) is 71.6 Å². The van der Waals surface area contributed by atoms with Gasteiger partial charge in [-0.25, -0.2) is 13.2 Å². The number of urea groups is 1. The minimum Gasteiger partial charge on any atom is -0.308 e. The molecule has 2 N–H and O–H groups in total. The van der Waals surface area contributed by atoms with Crippen molar-refractivity contribution in [1.82, 2.24) is 0 Å². The SMILES string of the molecule is Cc1ccc(NC(=O)Nc2ccc3c(c2)CCN3S(=O)(=O)c2ccccc2)c(Cl)c1. The molecule has 1 aliphatic heterocycles. The van der Waals surface area contributed by atoms with E-state index in [1.807, 2.05) is 13.0 Å². The summed E-state index contributed by atoms with van der Waals surface area (Å²) in [6.45, 7) is 2.28. The summed E-state index contributed by atoms with van der Waals surface area (Å²) < 4.78 is 27.3. The summed E-state index contributed by atoms with van der Waals surface area (Å²) in [6, 6.07) is 18.5. The van der Waals surface area contributed by atoms with Crippen molar-refractivity contribution in [2.75, 3.05) is 21.5 Å². The average Bonchev–Trinajstić information content (AvgIpc) is 3.15. The van der Waals surface area contributed by atoms with Gasteiger partial charge in [0.25, 0.3) is 10.0 Å². The smallest absolute Gasteiger partial charge is 0.308 e. The predicted octanol–water partition coefficient (Wildman–Crippen LogP) is 5.04. The molecule has 6 nitrogen and oxygen atoms in total. The highest BCUT2D eigenvalue weighted by molar-refractivity contribution is 7.92. The van der Waals surface area contributed by atoms with E-state index in [2.05, 4.69) is 10.6 Å². The Morgan fingerprint density at radius 1 is 1.00 bits per heavy atom. The standard InChI is InChI=1S/C22H20ClN3O3S/c1-15-7-9-20(19(23)13-15)25-22(27)24-17-8-10-21-16(14-17)11-12-26(21)30(28,29)18-5-3-2-4-6-18/h2-10,13-14H,11-12H2,1H3,(H2,24,25,27). The second kappa shape index (κ2) is 8.01. The molecule has 154 valence electrons. The highest BCUT2D eigenvalue weighted by Crippen LogP contribution is 2.34. The van der Waals surface area contributed by atoms with E-state index >= 15 is 0 Å². The van der Waals surface area contributed by atoms with E-state index < -0.39 is 16.1 Å². The fourth-order valence-electron chi connectivity index (χ4n) is 3.42. The number of rotatable bonds is 4. The van der Waals surface area contributed by atoms with Crippen LogP contribution in [0.3, 0.4) is 0 Å². The summed E-state index contributed by atoms with van der Waals surface area (Å²) in [5.41, 5.74) is 3.58. The summed E-state index contributed by atoms with van der Waals surface area (Å²) in [6.07, 6.45) is 0.572. The Labute approximate surface area is 180 Å². The molecule has 0 spiro atoms. The van der Waals surface area contributed by atoms with Gasteiger partial charge in [-0.2, -0.15) is 0 Å². The molecule has 0 bridgehead atoms. The third kappa shape index (κ3) is 3.99. The van der Waals surface area contributed by atoms with Crippen molar-refractivity contribution in [2.45, 2.75) is 18.2 Å². The molecule has 3 aromatic rings. The molecular formula is C22H20ClN3O3S. The van der Waals surface area contributed by atoms with E-state index in [9.17, 15) is 13.2 Å². The number of anilines is 3. The minimum absolute atomic E-state index is 0.259. The maximum Gasteiger partial charge on any atom is 0.323 e. The summed E-state index contributed by atoms with van der Waals surface area (Å²) in [5, 5.41) is 5.95. The lowest BCUT2D eigenvalue weighted by molar-refractivity contribution is 0.262. The van der Waals surface area contributed by atoms with Crippen LogP contribution in [0, 0.1) is 6.92 Å². The van der Waals surface area contributed by atoms with Crippen molar-refractivity contribution in [3.63, 3.8) is 0 Å². The van der Waals surface area contributed by atoms with Crippen LogP contribution < -0.4 is 14.9 Å². The van der Waals surface area contributed by atoms with Gasteiger partial charge >= 0.3 is 6.03 Å². The minimum atomic E-state index is -3.62. The number of fused-ring (bicyclic) bond motifs is 1. The fourth-order valence-corrected chi connectivity index (χ4v) is 5.23. The van der Waals surface area contributed by atoms with E-state index in [0.717, 1.165) is 11.1 Å². The van der Waals surface area contributed by atoms with Crippen LogP contribution in [0.25, 0.3) is 0 Å². The Bertz CT molecular complexity index is 1210. The Morgan fingerprint density at radius 3 is 2.50 bits per heavy atom. The van der Waals surface area contributed by atoms with Crippen LogP contribution in [0.5, 0.6) is 0 Å². The van der Waals surface area contributed by atoms with Gasteiger partial charge in [0.15, 0.2) is 0 Å². The molecule has 0 atom stereocenters. The monoisotopic (exact) mass is 441 g/mol. The number of hydrogen-bond acceptors (Lipinski definition) is 3. The third-order valence-corrected chi connectivity index (χ3v) is 7.03. The van der Waals surface area contributed by atoms with E-state index in [-0.39, 0.29) is 4.90 Å². The molecule has 0 aliphatic carbocycles. The first-order valence-corrected chi connectivity index (χ1v) is 11.2. The van der Waals surface area contributed by atoms with Gasteiger partial charge in [0, 0.05) is 12.2 Å². The third-order valence-electron chi connectivity index (χ3n) is 4.89. The molecule has 0 unspecified atom stereocenters. The predicted molar refractivity (Wildman–Crippen MR) is 120 cm³/mol. The topological polar surface area (TPSA) is 78.5 Å². The molecule has 3 aromatic carbocycles. The van der Waals surface area contributed by atoms with Crippen molar-refractivity contribution < 1.29 is 13.2 Å². The first-order valence-electron chi connectivity index (χ1n) is 9.39. The fraction of sp³-hybridized carbons (Fsp3) is 0.136. The van der Waals surface area contributed by atoms with Crippen LogP contribution in [0.4, 0.5) is 21.9 Å². The largest absolute Gasteiger partial charge is 0.323 e. The lowest BCUT2D eigenvalue weighted by Crippen LogP contribution is -2.29. The van der Waals surface area contributed by atoms with Crippen molar-refractivity contribution in [1.29, 1.82) is 0 Å². The van der Waals surface area contributed by atoms with Crippen molar-refractivity contribution in [2.24, 2.45) is 0 Å². The molecule has 0 aromatic heterocycles. The summed E-state index contributed by atoms with van der Waals surface area (Å²) in [7, 11) is -3.62. The van der Waals surface area contributed by atoms with Gasteiger partial charge in [-0.05, 0) is 66.9 Å². The van der Waals surface area contributed by atoms with E-state index in [4.69, 9.17) is 11.6 Å². The molecule has 2 amide bonds. The lowest BCUT2D eigenvalue weighted by Gasteiger charge is -2.19. The Kier molecular flexibility index (Phi) is 5.40. The van der Waals surface area contributed by atoms with Gasteiger partial charge in [0.2, 0.25) is 0 Å². The van der Waals surface area contributed by atoms with Crippen LogP contribution in [-0.2, 0) is 16.4 Å². The molecule has 30 heavy (non-hydrogen) atoms. The zero-order valence-electron chi connectivity index (χ0n) is 16.2. The number of aryl methyl sites for hydroxylation is 1. The van der Waals surface area contributed by atoms with Crippen LogP contribution in [0.1, 0.15) is 11.1 Å². The summed E-state index contributed by atoms with van der Waals surface area (Å²) in [5.74, 6) is 0. The highest BCUT2D eigenvalue weighted by Gasteiger charge is 2.30. The van der Waals surface area contributed by atoms with Crippen LogP contribution in [-0.4, -0.2) is 21.0 Å². The zero-order chi connectivity index (χ0) is 21.3. The molecule has 0 saturated heterocycles. The van der Waals surface area contributed by atoms with Gasteiger partial charge in [0.1, 0.15) is 0 Å². The van der Waals surface area contributed by atoms with Crippen molar-refractivity contribution in [3.05, 3.63) is 82.9 Å². The summed E-state index contributed by atoms with van der Waals surface area (Å²) >= 11 is 6.16. The van der Waals surface area contributed by atoms with Gasteiger partial charge in [-0.15, -0.1) is 0 Å². The van der Waals surface area contributed by atoms with Gasteiger partial charge in [-0.1, -0.05) is 35.9 Å². The molecule has 1 heterocycles. The molecule has 4 rings (SSSR count). The van der Waals surface area contributed by atoms with E-state index in [0.29, 0.717) is 35.1 Å². The number of halogens is 1. The van der Waals surface area contributed by atoms with Gasteiger partial charge in [-0.3, -0.25) is 4.31 Å². The first-order chi connectivity index (χ1) is 14.3. The lowest BCUT2D eigenvalue weighted by atomic mass is 10.1. The maximum atomic E-state index is 13.0. The van der Waals surface area contributed by atoms with Gasteiger partial charge in [0.05, 0.1) is 21.3 Å². The number of carbonyl (C=O) groups is 1. The van der Waals surface area contributed by atoms with Crippen molar-refractivity contribution >= 4 is 44.7 Å². The van der Waals surface area contributed by atoms with Gasteiger partial charge < -0.3 is 10.6 Å².